The van der Waals surface area contributed by atoms with E-state index in [4.69, 9.17) is 16.6 Å². The zero-order valence-electron chi connectivity index (χ0n) is 14.0. The first kappa shape index (κ1) is 18.7. The number of carbonyl (C=O) groups is 1. The minimum Gasteiger partial charge on any atom is -0.293 e. The fourth-order valence-corrected chi connectivity index (χ4v) is 4.20. The summed E-state index contributed by atoms with van der Waals surface area (Å²) < 4.78 is 0. The van der Waals surface area contributed by atoms with Crippen molar-refractivity contribution in [3.05, 3.63) is 69.6 Å². The summed E-state index contributed by atoms with van der Waals surface area (Å²) in [6, 6.07) is 14.9. The van der Waals surface area contributed by atoms with Crippen molar-refractivity contribution in [3.8, 4) is 16.6 Å². The number of pyridine rings is 1. The molecule has 0 aliphatic rings. The molecule has 0 spiro atoms. The largest absolute Gasteiger partial charge is 0.293 e. The van der Waals surface area contributed by atoms with Gasteiger partial charge in [0, 0.05) is 10.6 Å². The van der Waals surface area contributed by atoms with Crippen molar-refractivity contribution in [2.75, 3.05) is 5.75 Å². The minimum atomic E-state index is -0.0189. The number of nitrogens with zero attached hydrogens (tertiary/aromatic N) is 2. The molecule has 0 fully saturated rings. The summed E-state index contributed by atoms with van der Waals surface area (Å²) in [4.78, 5) is 18.2. The van der Waals surface area contributed by atoms with Gasteiger partial charge in [-0.1, -0.05) is 36.4 Å². The van der Waals surface area contributed by atoms with E-state index in [1.54, 1.807) is 35.6 Å². The molecule has 0 N–H and O–H groups in total. The van der Waals surface area contributed by atoms with Gasteiger partial charge in [-0.3, -0.25) is 4.79 Å². The summed E-state index contributed by atoms with van der Waals surface area (Å²) >= 11 is 8.78. The van der Waals surface area contributed by atoms with Crippen LogP contribution in [0.2, 0.25) is 5.02 Å². The summed E-state index contributed by atoms with van der Waals surface area (Å²) in [6.45, 7) is 2.05. The van der Waals surface area contributed by atoms with Crippen LogP contribution in [-0.2, 0) is 6.42 Å². The third-order valence-electron chi connectivity index (χ3n) is 3.83. The predicted molar refractivity (Wildman–Crippen MR) is 108 cm³/mol. The molecular weight excluding hydrogens is 384 g/mol. The molecule has 130 valence electrons. The van der Waals surface area contributed by atoms with Gasteiger partial charge in [0.1, 0.15) is 11.1 Å². The number of ketones is 1. The predicted octanol–water partition coefficient (Wildman–Crippen LogP) is 5.87. The highest BCUT2D eigenvalue weighted by molar-refractivity contribution is 8.00. The van der Waals surface area contributed by atoms with E-state index in [1.165, 1.54) is 11.8 Å². The van der Waals surface area contributed by atoms with Gasteiger partial charge in [0.05, 0.1) is 21.9 Å². The number of benzene rings is 1. The molecule has 26 heavy (non-hydrogen) atoms. The third kappa shape index (κ3) is 4.16. The number of aryl methyl sites for hydroxylation is 1. The monoisotopic (exact) mass is 398 g/mol. The number of thioether (sulfide) groups is 1. The van der Waals surface area contributed by atoms with Gasteiger partial charge in [0.2, 0.25) is 0 Å². The van der Waals surface area contributed by atoms with Crippen LogP contribution in [0.5, 0.6) is 0 Å². The Bertz CT molecular complexity index is 961. The van der Waals surface area contributed by atoms with Crippen molar-refractivity contribution >= 4 is 40.5 Å². The van der Waals surface area contributed by atoms with E-state index < -0.39 is 0 Å². The first-order valence-electron chi connectivity index (χ1n) is 8.01. The SMILES string of the molecule is CCc1cc(C#N)c(SCC(=O)c2ccc(Cl)cc2)nc1-c1cccs1. The van der Waals surface area contributed by atoms with Gasteiger partial charge >= 0.3 is 0 Å². The second-order valence-corrected chi connectivity index (χ2v) is 7.86. The van der Waals surface area contributed by atoms with Crippen molar-refractivity contribution in [2.45, 2.75) is 18.4 Å². The van der Waals surface area contributed by atoms with Gasteiger partial charge in [-0.15, -0.1) is 11.3 Å². The van der Waals surface area contributed by atoms with Gasteiger partial charge in [-0.2, -0.15) is 5.26 Å². The Morgan fingerprint density at radius 1 is 1.31 bits per heavy atom. The van der Waals surface area contributed by atoms with Crippen LogP contribution in [0.3, 0.4) is 0 Å². The molecule has 0 amide bonds. The molecular formula is C20H15ClN2OS2. The van der Waals surface area contributed by atoms with Crippen LogP contribution in [0, 0.1) is 11.3 Å². The van der Waals surface area contributed by atoms with Crippen LogP contribution < -0.4 is 0 Å². The first-order valence-corrected chi connectivity index (χ1v) is 10.3. The maximum Gasteiger partial charge on any atom is 0.173 e. The van der Waals surface area contributed by atoms with Crippen molar-refractivity contribution < 1.29 is 4.79 Å². The molecule has 0 saturated heterocycles. The summed E-state index contributed by atoms with van der Waals surface area (Å²) in [7, 11) is 0. The normalized spacial score (nSPS) is 10.5. The number of nitriles is 1. The molecule has 3 rings (SSSR count). The molecule has 3 nitrogen and oxygen atoms in total. The molecule has 2 heterocycles. The maximum atomic E-state index is 12.4. The van der Waals surface area contributed by atoms with E-state index >= 15 is 0 Å². The van der Waals surface area contributed by atoms with Crippen LogP contribution in [0.4, 0.5) is 0 Å². The Morgan fingerprint density at radius 3 is 2.69 bits per heavy atom. The highest BCUT2D eigenvalue weighted by atomic mass is 35.5. The third-order valence-corrected chi connectivity index (χ3v) is 5.95. The van der Waals surface area contributed by atoms with Crippen LogP contribution >= 0.6 is 34.7 Å². The fourth-order valence-electron chi connectivity index (χ4n) is 2.48. The number of carbonyl (C=O) groups excluding carboxylic acids is 1. The lowest BCUT2D eigenvalue weighted by molar-refractivity contribution is 0.102. The zero-order chi connectivity index (χ0) is 18.5. The fraction of sp³-hybridized carbons (Fsp3) is 0.150. The lowest BCUT2D eigenvalue weighted by Crippen LogP contribution is -2.04. The zero-order valence-corrected chi connectivity index (χ0v) is 16.4. The van der Waals surface area contributed by atoms with Gasteiger partial charge in [0.25, 0.3) is 0 Å². The number of hydrogen-bond donors (Lipinski definition) is 0. The summed E-state index contributed by atoms with van der Waals surface area (Å²) in [6.07, 6.45) is 0.795. The van der Waals surface area contributed by atoms with Gasteiger partial charge in [0.15, 0.2) is 5.78 Å². The van der Waals surface area contributed by atoms with Crippen LogP contribution in [-0.4, -0.2) is 16.5 Å². The van der Waals surface area contributed by atoms with E-state index in [1.807, 2.05) is 30.5 Å². The smallest absolute Gasteiger partial charge is 0.173 e. The molecule has 0 saturated carbocycles. The molecule has 6 heteroatoms. The Balaban J connectivity index is 1.87. The number of aromatic nitrogens is 1. The molecule has 0 aliphatic carbocycles. The number of thiophene rings is 1. The number of halogens is 1. The maximum absolute atomic E-state index is 12.4. The highest BCUT2D eigenvalue weighted by Gasteiger charge is 2.15. The van der Waals surface area contributed by atoms with Crippen molar-refractivity contribution in [1.82, 2.24) is 4.98 Å². The summed E-state index contributed by atoms with van der Waals surface area (Å²) in [5.41, 5.74) is 3.04. The number of hydrogen-bond acceptors (Lipinski definition) is 5. The van der Waals surface area contributed by atoms with Crippen molar-refractivity contribution in [2.24, 2.45) is 0 Å². The molecule has 0 aliphatic heterocycles. The van der Waals surface area contributed by atoms with Crippen molar-refractivity contribution in [1.29, 1.82) is 5.26 Å². The Labute approximate surface area is 165 Å². The second-order valence-electron chi connectivity index (χ2n) is 5.51. The van der Waals surface area contributed by atoms with Gasteiger partial charge < -0.3 is 0 Å². The molecule has 3 aromatic rings. The molecule has 1 aromatic carbocycles. The van der Waals surface area contributed by atoms with E-state index in [9.17, 15) is 10.1 Å². The molecule has 0 unspecified atom stereocenters. The quantitative estimate of drug-likeness (QED) is 0.384. The van der Waals surface area contributed by atoms with Gasteiger partial charge in [-0.05, 0) is 53.8 Å². The van der Waals surface area contributed by atoms with E-state index in [0.29, 0.717) is 21.2 Å². The molecule has 0 atom stereocenters. The average Bonchev–Trinajstić information content (AvgIpc) is 3.20. The Kier molecular flexibility index (Phi) is 6.10. The first-order chi connectivity index (χ1) is 12.6. The topological polar surface area (TPSA) is 53.8 Å². The lowest BCUT2D eigenvalue weighted by Gasteiger charge is -2.10. The lowest BCUT2D eigenvalue weighted by atomic mass is 10.1. The number of rotatable bonds is 6. The van der Waals surface area contributed by atoms with E-state index in [2.05, 4.69) is 6.07 Å². The molecule has 0 radical (unpaired) electrons. The summed E-state index contributed by atoms with van der Waals surface area (Å²) in [5, 5.41) is 12.7. The van der Waals surface area contributed by atoms with E-state index in [-0.39, 0.29) is 11.5 Å². The standard InChI is InChI=1S/C20H15ClN2OS2/c1-2-13-10-15(11-22)20(23-19(13)18-4-3-9-25-18)26-12-17(24)14-5-7-16(21)8-6-14/h3-10H,2,12H2,1H3. The highest BCUT2D eigenvalue weighted by Crippen LogP contribution is 2.31. The minimum absolute atomic E-state index is 0.0189. The summed E-state index contributed by atoms with van der Waals surface area (Å²) in [5.74, 6) is 0.202. The van der Waals surface area contributed by atoms with Gasteiger partial charge in [-0.25, -0.2) is 4.98 Å². The Morgan fingerprint density at radius 2 is 2.08 bits per heavy atom. The number of Topliss-reactive ketones (excluding diaryl/α,β-unsaturated/α-hetero) is 1. The molecule has 2 aromatic heterocycles. The van der Waals surface area contributed by atoms with Crippen LogP contribution in [0.15, 0.2) is 52.9 Å². The van der Waals surface area contributed by atoms with E-state index in [0.717, 1.165) is 22.6 Å². The second kappa shape index (κ2) is 8.50. The van der Waals surface area contributed by atoms with Crippen LogP contribution in [0.25, 0.3) is 10.6 Å². The van der Waals surface area contributed by atoms with Crippen LogP contribution in [0.1, 0.15) is 28.4 Å². The Hall–Kier alpha value is -2.13. The average molecular weight is 399 g/mol. The molecule has 0 bridgehead atoms. The van der Waals surface area contributed by atoms with Crippen molar-refractivity contribution in [3.63, 3.8) is 0 Å².